The van der Waals surface area contributed by atoms with Crippen LogP contribution in [0.1, 0.15) is 10.4 Å². The molecule has 1 aromatic rings. The summed E-state index contributed by atoms with van der Waals surface area (Å²) in [4.78, 5) is 10.8. The van der Waals surface area contributed by atoms with Gasteiger partial charge in [0.05, 0.1) is 19.8 Å². The summed E-state index contributed by atoms with van der Waals surface area (Å²) in [5.41, 5.74) is -0.464. The van der Waals surface area contributed by atoms with Crippen LogP contribution in [0.15, 0.2) is 18.2 Å². The molecule has 0 radical (unpaired) electrons. The van der Waals surface area contributed by atoms with Crippen molar-refractivity contribution in [2.75, 3.05) is 33.5 Å². The zero-order valence-corrected chi connectivity index (χ0v) is 10.0. The second-order valence-corrected chi connectivity index (χ2v) is 3.37. The Balaban J connectivity index is 2.47. The first-order valence-electron chi connectivity index (χ1n) is 5.38. The molecular formula is C12H15FO5. The Morgan fingerprint density at radius 2 is 2.00 bits per heavy atom. The number of rotatable bonds is 8. The molecule has 0 bridgehead atoms. The number of carboxylic acids is 1. The SMILES string of the molecule is COCCOCCOc1cccc(F)c1C(=O)O. The number of hydrogen-bond donors (Lipinski definition) is 1. The van der Waals surface area contributed by atoms with Gasteiger partial charge in [0, 0.05) is 7.11 Å². The fourth-order valence-electron chi connectivity index (χ4n) is 1.29. The van der Waals surface area contributed by atoms with Gasteiger partial charge in [-0.05, 0) is 12.1 Å². The lowest BCUT2D eigenvalue weighted by Gasteiger charge is -2.09. The Labute approximate surface area is 104 Å². The van der Waals surface area contributed by atoms with E-state index >= 15 is 0 Å². The normalized spacial score (nSPS) is 10.3. The molecular weight excluding hydrogens is 243 g/mol. The lowest BCUT2D eigenvalue weighted by Crippen LogP contribution is -2.12. The molecule has 18 heavy (non-hydrogen) atoms. The summed E-state index contributed by atoms with van der Waals surface area (Å²) in [6.07, 6.45) is 0. The van der Waals surface area contributed by atoms with Crippen LogP contribution >= 0.6 is 0 Å². The van der Waals surface area contributed by atoms with E-state index in [1.54, 1.807) is 7.11 Å². The van der Waals surface area contributed by atoms with Gasteiger partial charge in [-0.3, -0.25) is 0 Å². The molecule has 1 N–H and O–H groups in total. The topological polar surface area (TPSA) is 65.0 Å². The second-order valence-electron chi connectivity index (χ2n) is 3.37. The summed E-state index contributed by atoms with van der Waals surface area (Å²) in [5, 5.41) is 8.85. The molecule has 0 unspecified atom stereocenters. The first-order chi connectivity index (χ1) is 8.66. The van der Waals surface area contributed by atoms with Crippen LogP contribution in [0.3, 0.4) is 0 Å². The molecule has 1 rings (SSSR count). The Bertz CT molecular complexity index is 394. The van der Waals surface area contributed by atoms with Gasteiger partial charge in [-0.25, -0.2) is 9.18 Å². The number of carboxylic acid groups (broad SMARTS) is 1. The van der Waals surface area contributed by atoms with Gasteiger partial charge in [0.1, 0.15) is 23.7 Å². The number of ether oxygens (including phenoxy) is 3. The van der Waals surface area contributed by atoms with Crippen LogP contribution in [0, 0.1) is 5.82 Å². The molecule has 0 aliphatic heterocycles. The quantitative estimate of drug-likeness (QED) is 0.717. The Morgan fingerprint density at radius 3 is 2.67 bits per heavy atom. The molecule has 0 aliphatic rings. The van der Waals surface area contributed by atoms with Crippen LogP contribution < -0.4 is 4.74 Å². The van der Waals surface area contributed by atoms with Crippen molar-refractivity contribution in [3.63, 3.8) is 0 Å². The molecule has 1 aromatic carbocycles. The summed E-state index contributed by atoms with van der Waals surface area (Å²) in [7, 11) is 1.56. The van der Waals surface area contributed by atoms with Crippen molar-refractivity contribution in [3.8, 4) is 5.75 Å². The van der Waals surface area contributed by atoms with E-state index in [0.29, 0.717) is 13.2 Å². The van der Waals surface area contributed by atoms with E-state index in [0.717, 1.165) is 6.07 Å². The molecule has 0 spiro atoms. The standard InChI is InChI=1S/C12H15FO5/c1-16-5-6-17-7-8-18-10-4-2-3-9(13)11(10)12(14)15/h2-4H,5-8H2,1H3,(H,14,15). The van der Waals surface area contributed by atoms with Crippen molar-refractivity contribution in [1.82, 2.24) is 0 Å². The molecule has 0 atom stereocenters. The highest BCUT2D eigenvalue weighted by Crippen LogP contribution is 2.21. The third-order valence-electron chi connectivity index (χ3n) is 2.11. The molecule has 0 heterocycles. The summed E-state index contributed by atoms with van der Waals surface area (Å²) in [5.74, 6) is -2.18. The fraction of sp³-hybridized carbons (Fsp3) is 0.417. The summed E-state index contributed by atoms with van der Waals surface area (Å²) in [6, 6.07) is 3.87. The van der Waals surface area contributed by atoms with Gasteiger partial charge in [-0.15, -0.1) is 0 Å². The number of benzene rings is 1. The first-order valence-corrected chi connectivity index (χ1v) is 5.38. The van der Waals surface area contributed by atoms with Crippen LogP contribution in [0.25, 0.3) is 0 Å². The molecule has 0 amide bonds. The highest BCUT2D eigenvalue weighted by atomic mass is 19.1. The predicted molar refractivity (Wildman–Crippen MR) is 61.5 cm³/mol. The smallest absolute Gasteiger partial charge is 0.342 e. The molecule has 0 saturated carbocycles. The Morgan fingerprint density at radius 1 is 1.28 bits per heavy atom. The Hall–Kier alpha value is -1.66. The average molecular weight is 258 g/mol. The van der Waals surface area contributed by atoms with E-state index in [1.807, 2.05) is 0 Å². The lowest BCUT2D eigenvalue weighted by molar-refractivity contribution is 0.0534. The molecule has 0 aliphatic carbocycles. The molecule has 0 aromatic heterocycles. The Kier molecular flexibility index (Phi) is 6.10. The van der Waals surface area contributed by atoms with E-state index in [1.165, 1.54) is 12.1 Å². The summed E-state index contributed by atoms with van der Waals surface area (Å²) >= 11 is 0. The van der Waals surface area contributed by atoms with Gasteiger partial charge in [0.15, 0.2) is 0 Å². The minimum absolute atomic E-state index is 0.00200. The van der Waals surface area contributed by atoms with Crippen LogP contribution in [0.5, 0.6) is 5.75 Å². The van der Waals surface area contributed by atoms with E-state index < -0.39 is 17.3 Å². The summed E-state index contributed by atoms with van der Waals surface area (Å²) < 4.78 is 28.4. The molecule has 100 valence electrons. The number of aromatic carboxylic acids is 1. The van der Waals surface area contributed by atoms with Crippen molar-refractivity contribution < 1.29 is 28.5 Å². The number of methoxy groups -OCH3 is 1. The molecule has 5 nitrogen and oxygen atoms in total. The maximum atomic E-state index is 13.3. The summed E-state index contributed by atoms with van der Waals surface area (Å²) in [6.45, 7) is 1.32. The minimum Gasteiger partial charge on any atom is -0.490 e. The van der Waals surface area contributed by atoms with Crippen LogP contribution in [-0.4, -0.2) is 44.6 Å². The van der Waals surface area contributed by atoms with Gasteiger partial charge in [-0.2, -0.15) is 0 Å². The van der Waals surface area contributed by atoms with E-state index in [-0.39, 0.29) is 19.0 Å². The van der Waals surface area contributed by atoms with Gasteiger partial charge < -0.3 is 19.3 Å². The van der Waals surface area contributed by atoms with Crippen LogP contribution in [0.4, 0.5) is 4.39 Å². The minimum atomic E-state index is -1.36. The molecule has 6 heteroatoms. The van der Waals surface area contributed by atoms with Crippen molar-refractivity contribution in [1.29, 1.82) is 0 Å². The zero-order chi connectivity index (χ0) is 13.4. The fourth-order valence-corrected chi connectivity index (χ4v) is 1.29. The van der Waals surface area contributed by atoms with E-state index in [4.69, 9.17) is 19.3 Å². The van der Waals surface area contributed by atoms with Crippen molar-refractivity contribution in [3.05, 3.63) is 29.6 Å². The largest absolute Gasteiger partial charge is 0.490 e. The van der Waals surface area contributed by atoms with Crippen molar-refractivity contribution in [2.24, 2.45) is 0 Å². The number of carbonyl (C=O) groups is 1. The highest BCUT2D eigenvalue weighted by Gasteiger charge is 2.16. The zero-order valence-electron chi connectivity index (χ0n) is 10.0. The maximum Gasteiger partial charge on any atom is 0.342 e. The monoisotopic (exact) mass is 258 g/mol. The number of hydrogen-bond acceptors (Lipinski definition) is 4. The predicted octanol–water partition coefficient (Wildman–Crippen LogP) is 1.57. The first kappa shape index (κ1) is 14.4. The average Bonchev–Trinajstić information content (AvgIpc) is 2.33. The van der Waals surface area contributed by atoms with Gasteiger partial charge in [0.2, 0.25) is 0 Å². The maximum absolute atomic E-state index is 13.3. The third-order valence-corrected chi connectivity index (χ3v) is 2.11. The van der Waals surface area contributed by atoms with Gasteiger partial charge >= 0.3 is 5.97 Å². The van der Waals surface area contributed by atoms with Gasteiger partial charge in [0.25, 0.3) is 0 Å². The van der Waals surface area contributed by atoms with Crippen molar-refractivity contribution in [2.45, 2.75) is 0 Å². The second kappa shape index (κ2) is 7.62. The third kappa shape index (κ3) is 4.31. The van der Waals surface area contributed by atoms with Gasteiger partial charge in [-0.1, -0.05) is 6.07 Å². The highest BCUT2D eigenvalue weighted by molar-refractivity contribution is 5.91. The molecule has 0 fully saturated rings. The number of halogens is 1. The van der Waals surface area contributed by atoms with E-state index in [2.05, 4.69) is 0 Å². The van der Waals surface area contributed by atoms with Crippen LogP contribution in [-0.2, 0) is 9.47 Å². The molecule has 0 saturated heterocycles. The lowest BCUT2D eigenvalue weighted by atomic mass is 10.2. The van der Waals surface area contributed by atoms with Crippen molar-refractivity contribution >= 4 is 5.97 Å². The van der Waals surface area contributed by atoms with E-state index in [9.17, 15) is 9.18 Å². The van der Waals surface area contributed by atoms with Crippen LogP contribution in [0.2, 0.25) is 0 Å².